The molecule has 0 aliphatic carbocycles. The highest BCUT2D eigenvalue weighted by molar-refractivity contribution is 5.91. The van der Waals surface area contributed by atoms with E-state index in [4.69, 9.17) is 9.47 Å². The number of amides is 1. The van der Waals surface area contributed by atoms with Gasteiger partial charge in [-0.3, -0.25) is 14.4 Å². The van der Waals surface area contributed by atoms with Crippen molar-refractivity contribution in [2.75, 3.05) is 48.3 Å². The van der Waals surface area contributed by atoms with E-state index in [-0.39, 0.29) is 13.2 Å². The summed E-state index contributed by atoms with van der Waals surface area (Å²) < 4.78 is 23.4. The Kier molecular flexibility index (Phi) is 11.1. The van der Waals surface area contributed by atoms with E-state index in [0.29, 0.717) is 6.61 Å². The minimum atomic E-state index is -1.42. The van der Waals surface area contributed by atoms with Crippen LogP contribution in [0.5, 0.6) is 0 Å². The van der Waals surface area contributed by atoms with E-state index in [9.17, 15) is 19.2 Å². The average Bonchev–Trinajstić information content (AvgIpc) is 2.59. The maximum absolute atomic E-state index is 11.9. The number of rotatable bonds is 11. The van der Waals surface area contributed by atoms with Gasteiger partial charge in [-0.25, -0.2) is 4.79 Å². The zero-order valence-electron chi connectivity index (χ0n) is 14.2. The molecule has 0 aromatic carbocycles. The van der Waals surface area contributed by atoms with Crippen LogP contribution in [0.4, 0.5) is 0 Å². The Morgan fingerprint density at radius 1 is 0.875 bits per heavy atom. The van der Waals surface area contributed by atoms with Crippen LogP contribution in [0.15, 0.2) is 0 Å². The lowest BCUT2D eigenvalue weighted by molar-refractivity contribution is -0.159. The van der Waals surface area contributed by atoms with E-state index in [2.05, 4.69) is 19.5 Å². The maximum atomic E-state index is 11.9. The van der Waals surface area contributed by atoms with Gasteiger partial charge >= 0.3 is 17.9 Å². The largest absolute Gasteiger partial charge is 0.469 e. The second-order valence-electron chi connectivity index (χ2n) is 4.52. The minimum Gasteiger partial charge on any atom is -0.469 e. The highest BCUT2D eigenvalue weighted by Gasteiger charge is 2.38. The van der Waals surface area contributed by atoms with E-state index in [1.807, 2.05) is 0 Å². The van der Waals surface area contributed by atoms with Gasteiger partial charge in [0, 0.05) is 7.11 Å². The van der Waals surface area contributed by atoms with Crippen LogP contribution in [0.3, 0.4) is 0 Å². The molecule has 0 aromatic rings. The van der Waals surface area contributed by atoms with Gasteiger partial charge in [0.1, 0.15) is 12.6 Å². The molecular weight excluding hydrogens is 326 g/mol. The molecular formula is C14H23NO9. The van der Waals surface area contributed by atoms with Crippen molar-refractivity contribution >= 4 is 23.8 Å². The third-order valence-corrected chi connectivity index (χ3v) is 2.96. The molecule has 0 aliphatic heterocycles. The number of carbonyl (C=O) groups excluding carboxylic acids is 4. The standard InChI is InChI=1S/C14H23NO9/c1-20-5-6-24-8-10(16)15-12(14(19)23-4)9(13(18)22-3)7-11(17)21-2/h9,12H,5-8H2,1-4H3,(H,15,16)/t9-,12+/m0/s1. The molecule has 1 N–H and O–H groups in total. The summed E-state index contributed by atoms with van der Waals surface area (Å²) in [6, 6.07) is -1.42. The zero-order chi connectivity index (χ0) is 18.5. The normalized spacial score (nSPS) is 12.7. The van der Waals surface area contributed by atoms with Crippen LogP contribution in [0.25, 0.3) is 0 Å². The van der Waals surface area contributed by atoms with Crippen LogP contribution >= 0.6 is 0 Å². The van der Waals surface area contributed by atoms with Crippen molar-refractivity contribution in [3.05, 3.63) is 0 Å². The van der Waals surface area contributed by atoms with Crippen molar-refractivity contribution < 1.29 is 42.9 Å². The number of nitrogens with one attached hydrogen (secondary N) is 1. The highest BCUT2D eigenvalue weighted by atomic mass is 16.5. The fourth-order valence-corrected chi connectivity index (χ4v) is 1.72. The van der Waals surface area contributed by atoms with Crippen molar-refractivity contribution in [1.29, 1.82) is 0 Å². The lowest BCUT2D eigenvalue weighted by Gasteiger charge is -2.23. The summed E-state index contributed by atoms with van der Waals surface area (Å²) in [5, 5.41) is 2.30. The monoisotopic (exact) mass is 349 g/mol. The van der Waals surface area contributed by atoms with Gasteiger partial charge in [0.2, 0.25) is 5.91 Å². The summed E-state index contributed by atoms with van der Waals surface area (Å²) in [4.78, 5) is 47.1. The van der Waals surface area contributed by atoms with E-state index in [1.165, 1.54) is 7.11 Å². The second kappa shape index (κ2) is 12.3. The predicted octanol–water partition coefficient (Wildman–Crippen LogP) is -1.34. The lowest BCUT2D eigenvalue weighted by atomic mass is 9.96. The van der Waals surface area contributed by atoms with Gasteiger partial charge in [-0.1, -0.05) is 0 Å². The quantitative estimate of drug-likeness (QED) is 0.274. The minimum absolute atomic E-state index is 0.176. The molecule has 0 saturated heterocycles. The number of hydrogen-bond donors (Lipinski definition) is 1. The molecule has 0 aromatic heterocycles. The Morgan fingerprint density at radius 3 is 2.00 bits per heavy atom. The van der Waals surface area contributed by atoms with Crippen molar-refractivity contribution in [2.24, 2.45) is 5.92 Å². The first-order valence-corrected chi connectivity index (χ1v) is 6.99. The smallest absolute Gasteiger partial charge is 0.329 e. The number of carbonyl (C=O) groups is 4. The van der Waals surface area contributed by atoms with Crippen LogP contribution in [0.1, 0.15) is 6.42 Å². The topological polar surface area (TPSA) is 126 Å². The Bertz CT molecular complexity index is 438. The molecule has 0 aliphatic rings. The molecule has 0 unspecified atom stereocenters. The van der Waals surface area contributed by atoms with Crippen LogP contribution in [-0.2, 0) is 42.9 Å². The molecule has 24 heavy (non-hydrogen) atoms. The van der Waals surface area contributed by atoms with Crippen LogP contribution in [0, 0.1) is 5.92 Å². The summed E-state index contributed by atoms with van der Waals surface area (Å²) >= 11 is 0. The van der Waals surface area contributed by atoms with Crippen molar-refractivity contribution in [3.8, 4) is 0 Å². The van der Waals surface area contributed by atoms with Crippen LogP contribution < -0.4 is 5.32 Å². The fraction of sp³-hybridized carbons (Fsp3) is 0.714. The molecule has 10 heteroatoms. The number of ether oxygens (including phenoxy) is 5. The molecule has 0 spiro atoms. The second-order valence-corrected chi connectivity index (χ2v) is 4.52. The molecule has 0 saturated carbocycles. The van der Waals surface area contributed by atoms with E-state index >= 15 is 0 Å². The maximum Gasteiger partial charge on any atom is 0.329 e. The van der Waals surface area contributed by atoms with Crippen molar-refractivity contribution in [2.45, 2.75) is 12.5 Å². The SMILES string of the molecule is COCCOCC(=O)N[C@@H](C(=O)OC)[C@H](CC(=O)OC)C(=O)OC. The number of esters is 3. The van der Waals surface area contributed by atoms with Gasteiger partial charge < -0.3 is 29.0 Å². The Labute approximate surface area is 139 Å². The van der Waals surface area contributed by atoms with Gasteiger partial charge in [-0.2, -0.15) is 0 Å². The molecule has 0 heterocycles. The van der Waals surface area contributed by atoms with E-state index in [0.717, 1.165) is 21.3 Å². The first kappa shape index (κ1) is 21.8. The van der Waals surface area contributed by atoms with Gasteiger partial charge in [0.05, 0.1) is 46.9 Å². The van der Waals surface area contributed by atoms with Crippen LogP contribution in [0.2, 0.25) is 0 Å². The van der Waals surface area contributed by atoms with Gasteiger partial charge in [0.15, 0.2) is 0 Å². The Morgan fingerprint density at radius 2 is 1.50 bits per heavy atom. The summed E-state index contributed by atoms with van der Waals surface area (Å²) in [6.07, 6.45) is -0.465. The third kappa shape index (κ3) is 7.88. The van der Waals surface area contributed by atoms with E-state index < -0.39 is 42.2 Å². The van der Waals surface area contributed by atoms with Gasteiger partial charge in [-0.15, -0.1) is 0 Å². The Hall–Kier alpha value is -2.20. The molecule has 2 atom stereocenters. The average molecular weight is 349 g/mol. The zero-order valence-corrected chi connectivity index (χ0v) is 14.2. The van der Waals surface area contributed by atoms with Gasteiger partial charge in [-0.05, 0) is 0 Å². The first-order chi connectivity index (χ1) is 11.4. The molecule has 0 bridgehead atoms. The molecule has 10 nitrogen and oxygen atoms in total. The van der Waals surface area contributed by atoms with Crippen molar-refractivity contribution in [3.63, 3.8) is 0 Å². The number of hydrogen-bond acceptors (Lipinski definition) is 9. The fourth-order valence-electron chi connectivity index (χ4n) is 1.72. The van der Waals surface area contributed by atoms with Crippen LogP contribution in [-0.4, -0.2) is 78.1 Å². The molecule has 1 amide bonds. The highest BCUT2D eigenvalue weighted by Crippen LogP contribution is 2.14. The first-order valence-electron chi connectivity index (χ1n) is 6.99. The Balaban J connectivity index is 5.03. The number of methoxy groups -OCH3 is 4. The summed E-state index contributed by atoms with van der Waals surface area (Å²) in [6.45, 7) is 0.110. The molecule has 0 fully saturated rings. The van der Waals surface area contributed by atoms with E-state index in [1.54, 1.807) is 0 Å². The third-order valence-electron chi connectivity index (χ3n) is 2.96. The summed E-state index contributed by atoms with van der Waals surface area (Å²) in [5.41, 5.74) is 0. The molecule has 138 valence electrons. The predicted molar refractivity (Wildman–Crippen MR) is 78.8 cm³/mol. The van der Waals surface area contributed by atoms with Gasteiger partial charge in [0.25, 0.3) is 0 Å². The summed E-state index contributed by atoms with van der Waals surface area (Å²) in [5.74, 6) is -4.47. The van der Waals surface area contributed by atoms with Crippen molar-refractivity contribution in [1.82, 2.24) is 5.32 Å². The summed E-state index contributed by atoms with van der Waals surface area (Å²) in [7, 11) is 4.79. The lowest BCUT2D eigenvalue weighted by Crippen LogP contribution is -2.51. The molecule has 0 radical (unpaired) electrons. The molecule has 0 rings (SSSR count).